The predicted octanol–water partition coefficient (Wildman–Crippen LogP) is 0.616. The molecule has 0 fully saturated rings. The minimum absolute atomic E-state index is 0. The number of hydrogen-bond acceptors (Lipinski definition) is 6. The molecule has 12 heteroatoms. The van der Waals surface area contributed by atoms with Crippen molar-refractivity contribution in [1.82, 2.24) is 0 Å². The van der Waals surface area contributed by atoms with Gasteiger partial charge in [0.2, 0.25) is 5.91 Å². The minimum Gasteiger partial charge on any atom is -0.507 e. The molecule has 0 aromatic heterocycles. The number of anilines is 1. The Bertz CT molecular complexity index is 1030. The van der Waals surface area contributed by atoms with E-state index in [1.807, 2.05) is 0 Å². The summed E-state index contributed by atoms with van der Waals surface area (Å²) in [6.45, 7) is 1.13. The van der Waals surface area contributed by atoms with Crippen LogP contribution >= 0.6 is 0 Å². The maximum absolute atomic E-state index is 11.3. The van der Waals surface area contributed by atoms with Crippen molar-refractivity contribution in [1.29, 1.82) is 0 Å². The third-order valence-electron chi connectivity index (χ3n) is 2.88. The number of nitrogens with one attached hydrogen (secondary N) is 1. The van der Waals surface area contributed by atoms with Crippen LogP contribution in [0.25, 0.3) is 10.8 Å². The van der Waals surface area contributed by atoms with Gasteiger partial charge >= 0.3 is 0 Å². The summed E-state index contributed by atoms with van der Waals surface area (Å²) in [5.74, 6) is -1.20. The third kappa shape index (κ3) is 4.45. The van der Waals surface area contributed by atoms with Crippen LogP contribution in [0, 0.1) is 0 Å². The number of benzene rings is 2. The van der Waals surface area contributed by atoms with Crippen LogP contribution in [0.5, 0.6) is 5.75 Å². The van der Waals surface area contributed by atoms with Gasteiger partial charge in [-0.2, -0.15) is 16.8 Å². The van der Waals surface area contributed by atoms with Crippen molar-refractivity contribution < 1.29 is 35.8 Å². The zero-order valence-electron chi connectivity index (χ0n) is 12.5. The van der Waals surface area contributed by atoms with Gasteiger partial charge in [0.05, 0.1) is 15.5 Å². The molecular formula is C12H11NNaO8S2. The van der Waals surface area contributed by atoms with Crippen molar-refractivity contribution in [2.75, 3.05) is 5.32 Å². The number of rotatable bonds is 3. The molecule has 24 heavy (non-hydrogen) atoms. The van der Waals surface area contributed by atoms with Crippen LogP contribution in [0.2, 0.25) is 0 Å². The molecule has 2 rings (SSSR count). The van der Waals surface area contributed by atoms with Gasteiger partial charge in [-0.15, -0.1) is 0 Å². The number of hydrogen-bond donors (Lipinski definition) is 4. The molecular weight excluding hydrogens is 373 g/mol. The van der Waals surface area contributed by atoms with E-state index in [0.29, 0.717) is 0 Å². The van der Waals surface area contributed by atoms with Gasteiger partial charge in [0.25, 0.3) is 20.2 Å². The summed E-state index contributed by atoms with van der Waals surface area (Å²) in [6, 6.07) is 3.44. The van der Waals surface area contributed by atoms with Crippen molar-refractivity contribution >= 4 is 72.2 Å². The number of phenolic OH excluding ortho intramolecular Hbond substituents is 1. The summed E-state index contributed by atoms with van der Waals surface area (Å²) in [5, 5.41) is 12.1. The van der Waals surface area contributed by atoms with Crippen LogP contribution in [0.1, 0.15) is 6.92 Å². The fourth-order valence-corrected chi connectivity index (χ4v) is 3.10. The third-order valence-corrected chi connectivity index (χ3v) is 4.54. The first-order valence-corrected chi connectivity index (χ1v) is 8.81. The Labute approximate surface area is 159 Å². The second kappa shape index (κ2) is 6.96. The number of fused-ring (bicyclic) bond motifs is 1. The van der Waals surface area contributed by atoms with Gasteiger partial charge in [-0.05, 0) is 23.6 Å². The average Bonchev–Trinajstić information content (AvgIpc) is 2.34. The van der Waals surface area contributed by atoms with Crippen molar-refractivity contribution in [3.63, 3.8) is 0 Å². The monoisotopic (exact) mass is 384 g/mol. The first-order chi connectivity index (χ1) is 10.4. The van der Waals surface area contributed by atoms with E-state index in [1.54, 1.807) is 0 Å². The number of carbonyl (C=O) groups is 1. The van der Waals surface area contributed by atoms with Crippen LogP contribution in [-0.4, -0.2) is 66.5 Å². The topological polar surface area (TPSA) is 158 Å². The molecule has 0 aliphatic carbocycles. The molecule has 0 aliphatic rings. The summed E-state index contributed by atoms with van der Waals surface area (Å²) < 4.78 is 63.1. The molecule has 0 aliphatic heterocycles. The smallest absolute Gasteiger partial charge is 0.294 e. The van der Waals surface area contributed by atoms with E-state index in [-0.39, 0.29) is 46.0 Å². The van der Waals surface area contributed by atoms with E-state index >= 15 is 0 Å². The van der Waals surface area contributed by atoms with E-state index in [2.05, 4.69) is 5.32 Å². The minimum atomic E-state index is -4.66. The largest absolute Gasteiger partial charge is 0.507 e. The Morgan fingerprint density at radius 2 is 1.42 bits per heavy atom. The number of amides is 1. The van der Waals surface area contributed by atoms with Gasteiger partial charge in [0.15, 0.2) is 0 Å². The molecule has 1 amide bonds. The first-order valence-electron chi connectivity index (χ1n) is 5.93. The van der Waals surface area contributed by atoms with Crippen molar-refractivity contribution in [2.45, 2.75) is 16.7 Å². The normalized spacial score (nSPS) is 11.8. The molecule has 1 radical (unpaired) electrons. The Morgan fingerprint density at radius 3 is 1.83 bits per heavy atom. The van der Waals surface area contributed by atoms with Gasteiger partial charge < -0.3 is 10.4 Å². The average molecular weight is 384 g/mol. The molecule has 0 heterocycles. The molecule has 2 aromatic rings. The molecule has 0 atom stereocenters. The second-order valence-electron chi connectivity index (χ2n) is 4.64. The summed E-state index contributed by atoms with van der Waals surface area (Å²) in [4.78, 5) is 9.91. The number of aromatic hydroxyl groups is 1. The second-order valence-corrected chi connectivity index (χ2v) is 7.49. The van der Waals surface area contributed by atoms with Crippen LogP contribution < -0.4 is 5.32 Å². The van der Waals surface area contributed by atoms with E-state index in [9.17, 15) is 26.7 Å². The molecule has 4 N–H and O–H groups in total. The maximum atomic E-state index is 11.3. The van der Waals surface area contributed by atoms with Gasteiger partial charge in [-0.25, -0.2) is 0 Å². The standard InChI is InChI=1S/C12H11NO8S2.Na/c1-6(14)13-10-4-8(22(16,17)18)2-7-3-9(23(19,20)21)5-11(15)12(7)10;/h2-5,15H,1H3,(H,13,14)(H,16,17,18)(H,19,20,21);. The summed E-state index contributed by atoms with van der Waals surface area (Å²) in [5.41, 5.74) is -0.151. The van der Waals surface area contributed by atoms with Crippen molar-refractivity contribution in [3.05, 3.63) is 24.3 Å². The molecule has 0 saturated heterocycles. The van der Waals surface area contributed by atoms with Crippen molar-refractivity contribution in [3.8, 4) is 5.75 Å². The van der Waals surface area contributed by atoms with E-state index < -0.39 is 41.7 Å². The summed E-state index contributed by atoms with van der Waals surface area (Å²) >= 11 is 0. The summed E-state index contributed by atoms with van der Waals surface area (Å²) in [6.07, 6.45) is 0. The zero-order valence-corrected chi connectivity index (χ0v) is 16.1. The number of carbonyl (C=O) groups excluding carboxylic acids is 1. The Hall–Kier alpha value is -1.21. The zero-order chi connectivity index (χ0) is 17.6. The molecule has 125 valence electrons. The SMILES string of the molecule is CC(=O)Nc1cc(S(=O)(=O)O)cc2cc(S(=O)(=O)O)cc(O)c12.[Na]. The molecule has 0 bridgehead atoms. The Kier molecular flexibility index (Phi) is 6.04. The van der Waals surface area contributed by atoms with E-state index in [1.165, 1.54) is 0 Å². The van der Waals surface area contributed by atoms with Gasteiger partial charge in [-0.1, -0.05) is 0 Å². The maximum Gasteiger partial charge on any atom is 0.294 e. The molecule has 9 nitrogen and oxygen atoms in total. The van der Waals surface area contributed by atoms with Gasteiger partial charge in [-0.3, -0.25) is 13.9 Å². The Morgan fingerprint density at radius 1 is 0.958 bits per heavy atom. The molecule has 2 aromatic carbocycles. The summed E-state index contributed by atoms with van der Waals surface area (Å²) in [7, 11) is -9.32. The fourth-order valence-electron chi connectivity index (χ4n) is 2.02. The predicted molar refractivity (Wildman–Crippen MR) is 85.3 cm³/mol. The van der Waals surface area contributed by atoms with Gasteiger partial charge in [0.1, 0.15) is 5.75 Å². The quantitative estimate of drug-likeness (QED) is 0.443. The van der Waals surface area contributed by atoms with Crippen LogP contribution in [0.15, 0.2) is 34.1 Å². The Balaban J connectivity index is 0.00000288. The molecule has 0 unspecified atom stereocenters. The van der Waals surface area contributed by atoms with E-state index in [0.717, 1.165) is 31.2 Å². The van der Waals surface area contributed by atoms with E-state index in [4.69, 9.17) is 9.11 Å². The first kappa shape index (κ1) is 20.8. The van der Waals surface area contributed by atoms with Crippen LogP contribution in [0.4, 0.5) is 5.69 Å². The molecule has 0 saturated carbocycles. The van der Waals surface area contributed by atoms with Crippen molar-refractivity contribution in [2.24, 2.45) is 0 Å². The van der Waals surface area contributed by atoms with Crippen LogP contribution in [0.3, 0.4) is 0 Å². The molecule has 0 spiro atoms. The fraction of sp³-hybridized carbons (Fsp3) is 0.0833. The number of phenols is 1. The van der Waals surface area contributed by atoms with Crippen LogP contribution in [-0.2, 0) is 25.0 Å². The van der Waals surface area contributed by atoms with Gasteiger partial charge in [0, 0.05) is 47.9 Å².